The highest BCUT2D eigenvalue weighted by Crippen LogP contribution is 2.59. The minimum atomic E-state index is -1.30. The summed E-state index contributed by atoms with van der Waals surface area (Å²) in [5.41, 5.74) is -0.0450. The number of allylic oxidation sites excluding steroid dienone is 1. The number of benzene rings is 2. The number of amides is 3. The van der Waals surface area contributed by atoms with Crippen LogP contribution in [-0.4, -0.2) is 88.6 Å². The van der Waals surface area contributed by atoms with Crippen LogP contribution < -0.4 is 4.90 Å². The number of carbonyl (C=O) groups is 4. The van der Waals surface area contributed by atoms with E-state index < -0.39 is 65.6 Å². The summed E-state index contributed by atoms with van der Waals surface area (Å²) in [7, 11) is 1.68. The van der Waals surface area contributed by atoms with Crippen molar-refractivity contribution < 1.29 is 33.8 Å². The van der Waals surface area contributed by atoms with E-state index in [2.05, 4.69) is 13.2 Å². The van der Waals surface area contributed by atoms with Gasteiger partial charge in [-0.15, -0.1) is 13.2 Å². The van der Waals surface area contributed by atoms with E-state index >= 15 is 0 Å². The van der Waals surface area contributed by atoms with Gasteiger partial charge in [-0.1, -0.05) is 54.1 Å². The Kier molecular flexibility index (Phi) is 10.8. The fourth-order valence-electron chi connectivity index (χ4n) is 7.54. The number of esters is 1. The van der Waals surface area contributed by atoms with E-state index in [0.29, 0.717) is 35.5 Å². The number of anilines is 1. The quantitative estimate of drug-likeness (QED) is 0.227. The number of rotatable bonds is 14. The highest BCUT2D eigenvalue weighted by Gasteiger charge is 2.75. The lowest BCUT2D eigenvalue weighted by Crippen LogP contribution is -2.58. The molecule has 11 heteroatoms. The number of hydrogen-bond donors (Lipinski definition) is 1. The molecular weight excluding hydrogens is 634 g/mol. The summed E-state index contributed by atoms with van der Waals surface area (Å²) >= 11 is 6.13. The van der Waals surface area contributed by atoms with Crippen molar-refractivity contribution in [3.8, 4) is 0 Å². The molecule has 256 valence electrons. The Balaban J connectivity index is 1.49. The Morgan fingerprint density at radius 3 is 2.44 bits per heavy atom. The first-order valence-electron chi connectivity index (χ1n) is 16.4. The third-order valence-electron chi connectivity index (χ3n) is 10.1. The van der Waals surface area contributed by atoms with Gasteiger partial charge in [0.05, 0.1) is 36.6 Å². The molecule has 0 aliphatic carbocycles. The summed E-state index contributed by atoms with van der Waals surface area (Å²) in [4.78, 5) is 60.8. The van der Waals surface area contributed by atoms with Crippen LogP contribution in [0.2, 0.25) is 5.02 Å². The zero-order chi connectivity index (χ0) is 34.7. The Morgan fingerprint density at radius 2 is 1.81 bits per heavy atom. The van der Waals surface area contributed by atoms with E-state index in [-0.39, 0.29) is 25.5 Å². The fourth-order valence-corrected chi connectivity index (χ4v) is 7.67. The largest absolute Gasteiger partial charge is 0.455 e. The van der Waals surface area contributed by atoms with Gasteiger partial charge >= 0.3 is 5.97 Å². The molecule has 1 spiro atoms. The van der Waals surface area contributed by atoms with Crippen molar-refractivity contribution in [1.82, 2.24) is 9.80 Å². The van der Waals surface area contributed by atoms with Crippen molar-refractivity contribution in [3.63, 3.8) is 0 Å². The van der Waals surface area contributed by atoms with Gasteiger partial charge in [0, 0.05) is 30.7 Å². The molecule has 0 saturated carbocycles. The number of hydrogen-bond acceptors (Lipinski definition) is 7. The van der Waals surface area contributed by atoms with Gasteiger partial charge in [0.25, 0.3) is 5.91 Å². The molecule has 3 aliphatic heterocycles. The van der Waals surface area contributed by atoms with Crippen molar-refractivity contribution in [2.45, 2.75) is 75.5 Å². The van der Waals surface area contributed by atoms with Gasteiger partial charge in [-0.05, 0) is 62.9 Å². The highest BCUT2D eigenvalue weighted by molar-refractivity contribution is 6.30. The van der Waals surface area contributed by atoms with Gasteiger partial charge < -0.3 is 29.3 Å². The van der Waals surface area contributed by atoms with Crippen molar-refractivity contribution in [2.75, 3.05) is 25.1 Å². The number of likely N-dealkylation sites (tertiary alicyclic amines) is 1. The first-order valence-corrected chi connectivity index (χ1v) is 16.8. The van der Waals surface area contributed by atoms with Crippen LogP contribution in [0.1, 0.15) is 51.2 Å². The third kappa shape index (κ3) is 6.29. The maximum Gasteiger partial charge on any atom is 0.313 e. The van der Waals surface area contributed by atoms with Crippen LogP contribution in [0.4, 0.5) is 5.69 Å². The molecule has 3 amide bonds. The SMILES string of the molecule is C=CCCC(=O)N(C)[C@H](C)[C@H](OC(=O)[C@@H]1[C@H]2C(=O)N([C@H](C)CO)[C@H](C(=O)N(CC=C)c3ccc(Cl)cc3)[C@]23CC[C@H]1O3)c1ccccc1. The lowest BCUT2D eigenvalue weighted by molar-refractivity contribution is -0.165. The lowest BCUT2D eigenvalue weighted by Gasteiger charge is -2.38. The number of halogens is 1. The second kappa shape index (κ2) is 14.6. The van der Waals surface area contributed by atoms with Crippen LogP contribution in [0.25, 0.3) is 0 Å². The van der Waals surface area contributed by atoms with E-state index in [1.807, 2.05) is 37.3 Å². The van der Waals surface area contributed by atoms with Crippen LogP contribution in [0.15, 0.2) is 79.9 Å². The second-order valence-electron chi connectivity index (χ2n) is 12.9. The van der Waals surface area contributed by atoms with E-state index in [0.717, 1.165) is 0 Å². The van der Waals surface area contributed by atoms with Gasteiger partial charge in [-0.2, -0.15) is 0 Å². The normalized spacial score (nSPS) is 25.9. The molecule has 3 heterocycles. The zero-order valence-corrected chi connectivity index (χ0v) is 28.4. The average molecular weight is 678 g/mol. The Hall–Kier alpha value is -3.99. The second-order valence-corrected chi connectivity index (χ2v) is 13.3. The molecule has 1 N–H and O–H groups in total. The minimum Gasteiger partial charge on any atom is -0.455 e. The van der Waals surface area contributed by atoms with E-state index in [1.165, 1.54) is 9.80 Å². The molecule has 0 unspecified atom stereocenters. The molecular formula is C37H44ClN3O7. The Labute approximate surface area is 286 Å². The molecule has 8 atom stereocenters. The molecule has 10 nitrogen and oxygen atoms in total. The topological polar surface area (TPSA) is 117 Å². The van der Waals surface area contributed by atoms with Crippen molar-refractivity contribution in [1.29, 1.82) is 0 Å². The standard InChI is InChI=1S/C37H44ClN3O7/c1-6-8-14-29(43)39(5)24(4)32(25-12-10-9-11-13-25)47-36(46)30-28-19-20-37(48-28)31(30)34(44)41(23(3)22-42)33(37)35(45)40(21-7-2)27-17-15-26(38)16-18-27/h6-7,9-13,15-18,23-24,28,30-33,42H,1-2,8,14,19-22H2,3-5H3/t23-,24-,28-,30+,31+,32+,33-,37+/m1/s1. The number of carbonyl (C=O) groups excluding carboxylic acids is 4. The van der Waals surface area contributed by atoms with Crippen molar-refractivity contribution >= 4 is 41.0 Å². The summed E-state index contributed by atoms with van der Waals surface area (Å²) < 4.78 is 12.9. The van der Waals surface area contributed by atoms with Gasteiger partial charge in [-0.3, -0.25) is 19.2 Å². The van der Waals surface area contributed by atoms with Crippen LogP contribution in [0.3, 0.4) is 0 Å². The number of aliphatic hydroxyl groups is 1. The number of nitrogens with zero attached hydrogens (tertiary/aromatic N) is 3. The highest BCUT2D eigenvalue weighted by atomic mass is 35.5. The fraction of sp³-hybridized carbons (Fsp3) is 0.459. The third-order valence-corrected chi connectivity index (χ3v) is 10.3. The Morgan fingerprint density at radius 1 is 1.12 bits per heavy atom. The van der Waals surface area contributed by atoms with Crippen molar-refractivity contribution in [3.05, 3.63) is 90.5 Å². The van der Waals surface area contributed by atoms with E-state index in [1.54, 1.807) is 55.3 Å². The van der Waals surface area contributed by atoms with Gasteiger partial charge in [0.1, 0.15) is 17.7 Å². The van der Waals surface area contributed by atoms with Gasteiger partial charge in [0.2, 0.25) is 11.8 Å². The predicted molar refractivity (Wildman–Crippen MR) is 182 cm³/mol. The minimum absolute atomic E-state index is 0.118. The maximum atomic E-state index is 14.6. The van der Waals surface area contributed by atoms with Gasteiger partial charge in [-0.25, -0.2) is 0 Å². The van der Waals surface area contributed by atoms with Crippen molar-refractivity contribution in [2.24, 2.45) is 11.8 Å². The van der Waals surface area contributed by atoms with Crippen LogP contribution in [0.5, 0.6) is 0 Å². The molecule has 2 bridgehead atoms. The van der Waals surface area contributed by atoms with Crippen LogP contribution in [-0.2, 0) is 28.7 Å². The predicted octanol–water partition coefficient (Wildman–Crippen LogP) is 4.71. The number of likely N-dealkylation sites (N-methyl/N-ethyl adjacent to an activating group) is 1. The van der Waals surface area contributed by atoms with Crippen LogP contribution >= 0.6 is 11.6 Å². The average Bonchev–Trinajstić information content (AvgIpc) is 3.75. The first-order chi connectivity index (χ1) is 23.0. The molecule has 3 saturated heterocycles. The molecule has 2 aromatic rings. The molecule has 2 aromatic carbocycles. The molecule has 5 rings (SSSR count). The maximum absolute atomic E-state index is 14.6. The summed E-state index contributed by atoms with van der Waals surface area (Å²) in [6.45, 7) is 10.8. The Bertz CT molecular complexity index is 1540. The first kappa shape index (κ1) is 35.3. The smallest absolute Gasteiger partial charge is 0.313 e. The molecule has 0 aromatic heterocycles. The summed E-state index contributed by atoms with van der Waals surface area (Å²) in [6, 6.07) is 13.6. The number of aliphatic hydroxyl groups excluding tert-OH is 1. The summed E-state index contributed by atoms with van der Waals surface area (Å²) in [6.07, 6.45) is 3.41. The van der Waals surface area contributed by atoms with E-state index in [4.69, 9.17) is 21.1 Å². The molecule has 3 fully saturated rings. The van der Waals surface area contributed by atoms with E-state index in [9.17, 15) is 24.3 Å². The molecule has 0 radical (unpaired) electrons. The summed E-state index contributed by atoms with van der Waals surface area (Å²) in [5, 5.41) is 10.7. The van der Waals surface area contributed by atoms with Gasteiger partial charge in [0.15, 0.2) is 0 Å². The zero-order valence-electron chi connectivity index (χ0n) is 27.7. The monoisotopic (exact) mass is 677 g/mol. The summed E-state index contributed by atoms with van der Waals surface area (Å²) in [5.74, 6) is -3.57. The van der Waals surface area contributed by atoms with Crippen LogP contribution in [0, 0.1) is 11.8 Å². The molecule has 48 heavy (non-hydrogen) atoms. The number of fused-ring (bicyclic) bond motifs is 1. The lowest BCUT2D eigenvalue weighted by atomic mass is 9.70. The number of ether oxygens (including phenoxy) is 2. The molecule has 3 aliphatic rings.